The van der Waals surface area contributed by atoms with E-state index in [0.29, 0.717) is 37.8 Å². The molecule has 144 valence electrons. The number of likely N-dealkylation sites (tertiary alicyclic amines) is 1. The van der Waals surface area contributed by atoms with E-state index >= 15 is 0 Å². The molecule has 0 spiro atoms. The van der Waals surface area contributed by atoms with E-state index in [0.717, 1.165) is 18.4 Å². The molecule has 2 aromatic heterocycles. The van der Waals surface area contributed by atoms with Crippen molar-refractivity contribution >= 4 is 11.8 Å². The predicted octanol–water partition coefficient (Wildman–Crippen LogP) is 1.92. The van der Waals surface area contributed by atoms with E-state index in [-0.39, 0.29) is 23.9 Å². The van der Waals surface area contributed by atoms with Gasteiger partial charge in [0.25, 0.3) is 5.91 Å². The second-order valence-electron chi connectivity index (χ2n) is 7.41. The van der Waals surface area contributed by atoms with Gasteiger partial charge in [0.1, 0.15) is 5.69 Å². The number of hydrogen-bond donors (Lipinski definition) is 2. The third-order valence-corrected chi connectivity index (χ3v) is 5.31. The minimum absolute atomic E-state index is 0.0131. The molecule has 2 N–H and O–H groups in total. The number of carbonyl (C=O) groups excluding carboxylic acids is 2. The summed E-state index contributed by atoms with van der Waals surface area (Å²) >= 11 is 0. The van der Waals surface area contributed by atoms with Crippen LogP contribution in [-0.2, 0) is 11.3 Å². The van der Waals surface area contributed by atoms with Gasteiger partial charge in [0.05, 0.1) is 18.6 Å². The number of likely N-dealkylation sites (N-methyl/N-ethyl adjacent to an activating group) is 1. The quantitative estimate of drug-likeness (QED) is 0.780. The van der Waals surface area contributed by atoms with Crippen molar-refractivity contribution in [3.05, 3.63) is 48.2 Å². The SMILES string of the molecule is CCNC(=O)[C@@H]1C[C@H](NC(=O)c2cccn2C2CC2)CN1Cc1ccoc1. The van der Waals surface area contributed by atoms with Gasteiger partial charge in [-0.05, 0) is 44.4 Å². The highest BCUT2D eigenvalue weighted by molar-refractivity contribution is 5.93. The Labute approximate surface area is 158 Å². The van der Waals surface area contributed by atoms with Crippen molar-refractivity contribution in [3.63, 3.8) is 0 Å². The van der Waals surface area contributed by atoms with Crippen LogP contribution in [0.3, 0.4) is 0 Å². The van der Waals surface area contributed by atoms with Gasteiger partial charge < -0.3 is 19.6 Å². The minimum Gasteiger partial charge on any atom is -0.472 e. The van der Waals surface area contributed by atoms with Gasteiger partial charge in [-0.2, -0.15) is 0 Å². The number of nitrogens with one attached hydrogen (secondary N) is 2. The number of carbonyl (C=O) groups is 2. The molecule has 2 aromatic rings. The lowest BCUT2D eigenvalue weighted by Crippen LogP contribution is -2.42. The molecular formula is C20H26N4O3. The van der Waals surface area contributed by atoms with Crippen LogP contribution < -0.4 is 10.6 Å². The van der Waals surface area contributed by atoms with Gasteiger partial charge >= 0.3 is 0 Å². The fourth-order valence-corrected chi connectivity index (χ4v) is 3.88. The van der Waals surface area contributed by atoms with Gasteiger partial charge in [0.2, 0.25) is 5.91 Å². The molecule has 27 heavy (non-hydrogen) atoms. The Balaban J connectivity index is 1.44. The summed E-state index contributed by atoms with van der Waals surface area (Å²) in [6, 6.07) is 5.85. The second kappa shape index (κ2) is 7.60. The highest BCUT2D eigenvalue weighted by Crippen LogP contribution is 2.36. The van der Waals surface area contributed by atoms with Crippen molar-refractivity contribution in [2.75, 3.05) is 13.1 Å². The first kappa shape index (κ1) is 17.9. The van der Waals surface area contributed by atoms with Crippen LogP contribution in [0.4, 0.5) is 0 Å². The first-order valence-corrected chi connectivity index (χ1v) is 9.66. The minimum atomic E-state index is -0.250. The Morgan fingerprint density at radius 1 is 1.30 bits per heavy atom. The first-order chi connectivity index (χ1) is 13.2. The maximum atomic E-state index is 12.8. The van der Waals surface area contributed by atoms with Crippen molar-refractivity contribution in [3.8, 4) is 0 Å². The Morgan fingerprint density at radius 3 is 2.85 bits per heavy atom. The maximum Gasteiger partial charge on any atom is 0.268 e. The molecule has 2 aliphatic rings. The van der Waals surface area contributed by atoms with Crippen molar-refractivity contribution in [1.82, 2.24) is 20.1 Å². The normalized spacial score (nSPS) is 22.7. The molecule has 2 fully saturated rings. The Kier molecular flexibility index (Phi) is 5.03. The highest BCUT2D eigenvalue weighted by atomic mass is 16.3. The van der Waals surface area contributed by atoms with Gasteiger partial charge in [-0.1, -0.05) is 0 Å². The molecular weight excluding hydrogens is 344 g/mol. The lowest BCUT2D eigenvalue weighted by atomic mass is 10.1. The van der Waals surface area contributed by atoms with Crippen LogP contribution in [0, 0.1) is 0 Å². The molecule has 0 unspecified atom stereocenters. The summed E-state index contributed by atoms with van der Waals surface area (Å²) in [6.07, 6.45) is 8.19. The average Bonchev–Trinajstić information content (AvgIpc) is 3.04. The summed E-state index contributed by atoms with van der Waals surface area (Å²) in [6.45, 7) is 3.78. The van der Waals surface area contributed by atoms with Crippen LogP contribution in [0.5, 0.6) is 0 Å². The van der Waals surface area contributed by atoms with Gasteiger partial charge in [0, 0.05) is 43.5 Å². The van der Waals surface area contributed by atoms with E-state index in [4.69, 9.17) is 4.42 Å². The number of amides is 2. The summed E-state index contributed by atoms with van der Waals surface area (Å²) < 4.78 is 7.21. The first-order valence-electron chi connectivity index (χ1n) is 9.66. The summed E-state index contributed by atoms with van der Waals surface area (Å²) in [4.78, 5) is 27.4. The Hall–Kier alpha value is -2.54. The molecule has 2 atom stereocenters. The fourth-order valence-electron chi connectivity index (χ4n) is 3.88. The maximum absolute atomic E-state index is 12.8. The third-order valence-electron chi connectivity index (χ3n) is 5.31. The smallest absolute Gasteiger partial charge is 0.268 e. The molecule has 3 heterocycles. The van der Waals surface area contributed by atoms with E-state index < -0.39 is 0 Å². The monoisotopic (exact) mass is 370 g/mol. The average molecular weight is 370 g/mol. The summed E-state index contributed by atoms with van der Waals surface area (Å²) in [5, 5.41) is 6.05. The molecule has 1 aliphatic heterocycles. The van der Waals surface area contributed by atoms with E-state index in [1.165, 1.54) is 0 Å². The van der Waals surface area contributed by atoms with Crippen LogP contribution in [0.25, 0.3) is 0 Å². The number of hydrogen-bond acceptors (Lipinski definition) is 4. The Morgan fingerprint density at radius 2 is 2.15 bits per heavy atom. The van der Waals surface area contributed by atoms with E-state index in [1.807, 2.05) is 31.3 Å². The van der Waals surface area contributed by atoms with Crippen LogP contribution in [-0.4, -0.2) is 46.5 Å². The van der Waals surface area contributed by atoms with Gasteiger partial charge in [-0.15, -0.1) is 0 Å². The van der Waals surface area contributed by atoms with Crippen LogP contribution >= 0.6 is 0 Å². The lowest BCUT2D eigenvalue weighted by molar-refractivity contribution is -0.125. The molecule has 0 aromatic carbocycles. The zero-order valence-electron chi connectivity index (χ0n) is 15.6. The van der Waals surface area contributed by atoms with Crippen molar-refractivity contribution < 1.29 is 14.0 Å². The van der Waals surface area contributed by atoms with Gasteiger partial charge in [0.15, 0.2) is 0 Å². The molecule has 1 saturated heterocycles. The third kappa shape index (κ3) is 3.93. The van der Waals surface area contributed by atoms with Crippen molar-refractivity contribution in [2.24, 2.45) is 0 Å². The van der Waals surface area contributed by atoms with E-state index in [1.54, 1.807) is 12.5 Å². The van der Waals surface area contributed by atoms with E-state index in [9.17, 15) is 9.59 Å². The highest BCUT2D eigenvalue weighted by Gasteiger charge is 2.38. The summed E-state index contributed by atoms with van der Waals surface area (Å²) in [5.41, 5.74) is 1.74. The topological polar surface area (TPSA) is 79.5 Å². The number of nitrogens with zero attached hydrogens (tertiary/aromatic N) is 2. The van der Waals surface area contributed by atoms with Crippen LogP contribution in [0.2, 0.25) is 0 Å². The van der Waals surface area contributed by atoms with Crippen LogP contribution in [0.1, 0.15) is 48.3 Å². The van der Waals surface area contributed by atoms with Crippen molar-refractivity contribution in [2.45, 2.75) is 50.9 Å². The number of furan rings is 1. The molecule has 0 bridgehead atoms. The van der Waals surface area contributed by atoms with Gasteiger partial charge in [-0.3, -0.25) is 14.5 Å². The standard InChI is InChI=1S/C20H26N4O3/c1-2-21-19(25)18-10-15(12-23(18)11-14-7-9-27-13-14)22-20(26)17-4-3-8-24(17)16-5-6-16/h3-4,7-9,13,15-16,18H,2,5-6,10-12H2,1H3,(H,21,25)(H,22,26)/t15-,18-/m0/s1. The Bertz CT molecular complexity index is 794. The molecule has 2 amide bonds. The number of aromatic nitrogens is 1. The zero-order valence-corrected chi connectivity index (χ0v) is 15.6. The molecule has 1 saturated carbocycles. The molecule has 7 nitrogen and oxygen atoms in total. The van der Waals surface area contributed by atoms with Crippen LogP contribution in [0.15, 0.2) is 41.3 Å². The van der Waals surface area contributed by atoms with Gasteiger partial charge in [-0.25, -0.2) is 0 Å². The second-order valence-corrected chi connectivity index (χ2v) is 7.41. The van der Waals surface area contributed by atoms with E-state index in [2.05, 4.69) is 20.1 Å². The van der Waals surface area contributed by atoms with Crippen molar-refractivity contribution in [1.29, 1.82) is 0 Å². The number of rotatable bonds is 7. The lowest BCUT2D eigenvalue weighted by Gasteiger charge is -2.22. The molecule has 4 rings (SSSR count). The summed E-state index contributed by atoms with van der Waals surface area (Å²) in [7, 11) is 0. The largest absolute Gasteiger partial charge is 0.472 e. The zero-order chi connectivity index (χ0) is 18.8. The summed E-state index contributed by atoms with van der Waals surface area (Å²) in [5.74, 6) is -0.0455. The predicted molar refractivity (Wildman–Crippen MR) is 100 cm³/mol. The fraction of sp³-hybridized carbons (Fsp3) is 0.500. The molecule has 0 radical (unpaired) electrons. The molecule has 1 aliphatic carbocycles. The molecule has 7 heteroatoms.